The van der Waals surface area contributed by atoms with Crippen LogP contribution in [0.1, 0.15) is 34.1 Å². The van der Waals surface area contributed by atoms with Crippen molar-refractivity contribution in [1.29, 1.82) is 0 Å². The van der Waals surface area contributed by atoms with Crippen LogP contribution in [0, 0.1) is 20.8 Å². The molecule has 0 saturated carbocycles. The second-order valence-corrected chi connectivity index (χ2v) is 6.40. The van der Waals surface area contributed by atoms with Crippen molar-refractivity contribution in [2.45, 2.75) is 33.8 Å². The van der Waals surface area contributed by atoms with Gasteiger partial charge in [0.2, 0.25) is 0 Å². The van der Waals surface area contributed by atoms with Gasteiger partial charge in [0, 0.05) is 7.05 Å². The van der Waals surface area contributed by atoms with Gasteiger partial charge >= 0.3 is 0 Å². The van der Waals surface area contributed by atoms with Crippen LogP contribution in [-0.4, -0.2) is 29.3 Å². The van der Waals surface area contributed by atoms with Crippen LogP contribution >= 0.6 is 11.5 Å². The summed E-state index contributed by atoms with van der Waals surface area (Å²) >= 11 is 1.19. The number of amides is 2. The Bertz CT molecular complexity index is 788. The Labute approximate surface area is 150 Å². The van der Waals surface area contributed by atoms with Crippen LogP contribution in [0.15, 0.2) is 18.2 Å². The Morgan fingerprint density at radius 2 is 1.92 bits per heavy atom. The van der Waals surface area contributed by atoms with Crippen LogP contribution in [0.5, 0.6) is 5.75 Å². The molecule has 0 saturated heterocycles. The molecule has 2 aromatic rings. The smallest absolute Gasteiger partial charge is 0.279 e. The van der Waals surface area contributed by atoms with Gasteiger partial charge in [0.05, 0.1) is 11.3 Å². The lowest BCUT2D eigenvalue weighted by Crippen LogP contribution is -2.47. The average molecular weight is 362 g/mol. The Morgan fingerprint density at radius 3 is 2.60 bits per heavy atom. The number of aromatic nitrogens is 1. The minimum absolute atomic E-state index is 0.413. The Balaban J connectivity index is 1.96. The molecule has 1 heterocycles. The van der Waals surface area contributed by atoms with Crippen molar-refractivity contribution in [3.05, 3.63) is 40.6 Å². The molecule has 0 aliphatic carbocycles. The molecule has 1 aromatic heterocycles. The number of hydrogen-bond acceptors (Lipinski definition) is 6. The fourth-order valence-electron chi connectivity index (χ4n) is 2.19. The van der Waals surface area contributed by atoms with Gasteiger partial charge < -0.3 is 10.1 Å². The molecule has 8 heteroatoms. The summed E-state index contributed by atoms with van der Waals surface area (Å²) in [6.45, 7) is 7.27. The van der Waals surface area contributed by atoms with E-state index in [0.717, 1.165) is 11.1 Å². The number of hydrazine groups is 1. The molecule has 0 fully saturated rings. The molecule has 0 radical (unpaired) electrons. The van der Waals surface area contributed by atoms with E-state index < -0.39 is 17.9 Å². The molecule has 1 atom stereocenters. The number of nitrogens with zero attached hydrogens (tertiary/aromatic N) is 1. The van der Waals surface area contributed by atoms with E-state index in [4.69, 9.17) is 4.74 Å². The standard InChI is InChI=1S/C17H22N4O3S/c1-9-7-6-8-13(10(9)2)24-12(4)15(22)19-20-16(23)14-11(3)21-25-17(14)18-5/h6-8,12,18H,1-5H3,(H,19,22)(H,20,23). The summed E-state index contributed by atoms with van der Waals surface area (Å²) in [5.41, 5.74) is 7.86. The van der Waals surface area contributed by atoms with E-state index in [1.807, 2.05) is 32.0 Å². The first-order valence-electron chi connectivity index (χ1n) is 7.82. The van der Waals surface area contributed by atoms with Crippen LogP contribution < -0.4 is 20.9 Å². The molecule has 1 unspecified atom stereocenters. The molecular weight excluding hydrogens is 340 g/mol. The van der Waals surface area contributed by atoms with E-state index in [2.05, 4.69) is 20.5 Å². The highest BCUT2D eigenvalue weighted by atomic mass is 32.1. The van der Waals surface area contributed by atoms with Gasteiger partial charge in [-0.15, -0.1) is 0 Å². The zero-order chi connectivity index (χ0) is 18.6. The summed E-state index contributed by atoms with van der Waals surface area (Å²) in [5.74, 6) is -0.228. The first-order chi connectivity index (χ1) is 11.8. The number of hydrogen-bond donors (Lipinski definition) is 3. The third-order valence-corrected chi connectivity index (χ3v) is 4.80. The van der Waals surface area contributed by atoms with Crippen molar-refractivity contribution in [2.24, 2.45) is 0 Å². The highest BCUT2D eigenvalue weighted by Crippen LogP contribution is 2.23. The monoisotopic (exact) mass is 362 g/mol. The Hall–Kier alpha value is -2.61. The van der Waals surface area contributed by atoms with Gasteiger partial charge in [0.1, 0.15) is 10.8 Å². The highest BCUT2D eigenvalue weighted by molar-refractivity contribution is 7.10. The third-order valence-electron chi connectivity index (χ3n) is 3.84. The molecular formula is C17H22N4O3S. The van der Waals surface area contributed by atoms with Crippen LogP contribution in [-0.2, 0) is 4.79 Å². The molecule has 134 valence electrons. The molecule has 2 rings (SSSR count). The van der Waals surface area contributed by atoms with E-state index in [1.165, 1.54) is 11.5 Å². The zero-order valence-electron chi connectivity index (χ0n) is 14.9. The number of aryl methyl sites for hydroxylation is 2. The molecule has 1 aromatic carbocycles. The predicted octanol–water partition coefficient (Wildman–Crippen LogP) is 2.34. The topological polar surface area (TPSA) is 92.4 Å². The van der Waals surface area contributed by atoms with E-state index in [9.17, 15) is 9.59 Å². The fraction of sp³-hybridized carbons (Fsp3) is 0.353. The number of carbonyl (C=O) groups is 2. The Morgan fingerprint density at radius 1 is 1.20 bits per heavy atom. The number of nitrogens with one attached hydrogen (secondary N) is 3. The number of carbonyl (C=O) groups excluding carboxylic acids is 2. The lowest BCUT2D eigenvalue weighted by atomic mass is 10.1. The number of anilines is 1. The van der Waals surface area contributed by atoms with E-state index in [-0.39, 0.29) is 0 Å². The normalized spacial score (nSPS) is 11.6. The molecule has 3 N–H and O–H groups in total. The van der Waals surface area contributed by atoms with Gasteiger partial charge in [-0.05, 0) is 56.4 Å². The average Bonchev–Trinajstić information content (AvgIpc) is 2.97. The zero-order valence-corrected chi connectivity index (χ0v) is 15.7. The minimum Gasteiger partial charge on any atom is -0.481 e. The summed E-state index contributed by atoms with van der Waals surface area (Å²) in [6, 6.07) is 5.66. The van der Waals surface area contributed by atoms with Crippen molar-refractivity contribution in [3.63, 3.8) is 0 Å². The molecule has 25 heavy (non-hydrogen) atoms. The lowest BCUT2D eigenvalue weighted by molar-refractivity contribution is -0.128. The predicted molar refractivity (Wildman–Crippen MR) is 98.0 cm³/mol. The Kier molecular flexibility index (Phi) is 5.97. The van der Waals surface area contributed by atoms with Crippen molar-refractivity contribution in [3.8, 4) is 5.75 Å². The summed E-state index contributed by atoms with van der Waals surface area (Å²) in [6.07, 6.45) is -0.758. The largest absolute Gasteiger partial charge is 0.481 e. The maximum Gasteiger partial charge on any atom is 0.279 e. The van der Waals surface area contributed by atoms with Gasteiger partial charge in [-0.3, -0.25) is 20.4 Å². The molecule has 0 bridgehead atoms. The van der Waals surface area contributed by atoms with Crippen LogP contribution in [0.4, 0.5) is 5.00 Å². The summed E-state index contributed by atoms with van der Waals surface area (Å²) in [7, 11) is 1.71. The van der Waals surface area contributed by atoms with Gasteiger partial charge in [0.25, 0.3) is 11.8 Å². The second kappa shape index (κ2) is 7.98. The van der Waals surface area contributed by atoms with Crippen LogP contribution in [0.2, 0.25) is 0 Å². The third kappa shape index (κ3) is 4.27. The minimum atomic E-state index is -0.758. The summed E-state index contributed by atoms with van der Waals surface area (Å²) in [5, 5.41) is 3.55. The van der Waals surface area contributed by atoms with E-state index in [1.54, 1.807) is 20.9 Å². The highest BCUT2D eigenvalue weighted by Gasteiger charge is 2.20. The van der Waals surface area contributed by atoms with Crippen LogP contribution in [0.25, 0.3) is 0 Å². The molecule has 0 spiro atoms. The fourth-order valence-corrected chi connectivity index (χ4v) is 2.93. The van der Waals surface area contributed by atoms with Gasteiger partial charge in [0.15, 0.2) is 6.10 Å². The summed E-state index contributed by atoms with van der Waals surface area (Å²) < 4.78 is 9.82. The van der Waals surface area contributed by atoms with Gasteiger partial charge in [-0.1, -0.05) is 12.1 Å². The second-order valence-electron chi connectivity index (χ2n) is 5.62. The van der Waals surface area contributed by atoms with Crippen LogP contribution in [0.3, 0.4) is 0 Å². The van der Waals surface area contributed by atoms with Crippen molar-refractivity contribution >= 4 is 28.3 Å². The number of benzene rings is 1. The molecule has 2 amide bonds. The van der Waals surface area contributed by atoms with Crippen molar-refractivity contribution in [1.82, 2.24) is 15.2 Å². The maximum absolute atomic E-state index is 12.3. The quantitative estimate of drug-likeness (QED) is 0.710. The molecule has 0 aliphatic rings. The van der Waals surface area contributed by atoms with Gasteiger partial charge in [-0.2, -0.15) is 4.37 Å². The summed E-state index contributed by atoms with van der Waals surface area (Å²) in [4.78, 5) is 24.4. The maximum atomic E-state index is 12.3. The van der Waals surface area contributed by atoms with E-state index >= 15 is 0 Å². The lowest BCUT2D eigenvalue weighted by Gasteiger charge is -2.17. The van der Waals surface area contributed by atoms with Crippen molar-refractivity contribution < 1.29 is 14.3 Å². The number of ether oxygens (including phenoxy) is 1. The van der Waals surface area contributed by atoms with Gasteiger partial charge in [-0.25, -0.2) is 0 Å². The van der Waals surface area contributed by atoms with Crippen molar-refractivity contribution in [2.75, 3.05) is 12.4 Å². The molecule has 7 nitrogen and oxygen atoms in total. The SMILES string of the molecule is CNc1snc(C)c1C(=O)NNC(=O)C(C)Oc1cccc(C)c1C. The first-order valence-corrected chi connectivity index (χ1v) is 8.59. The van der Waals surface area contributed by atoms with E-state index in [0.29, 0.717) is 22.0 Å². The molecule has 0 aliphatic heterocycles. The first kappa shape index (κ1) is 18.7. The number of rotatable bonds is 5.